The maximum Gasteiger partial charge on any atom is 0.338 e. The maximum absolute atomic E-state index is 11.7. The van der Waals surface area contributed by atoms with E-state index in [2.05, 4.69) is 25.8 Å². The molecule has 1 heterocycles. The van der Waals surface area contributed by atoms with Gasteiger partial charge in [0, 0.05) is 16.4 Å². The van der Waals surface area contributed by atoms with Crippen LogP contribution in [0.2, 0.25) is 5.02 Å². The molecule has 2 N–H and O–H groups in total. The van der Waals surface area contributed by atoms with E-state index in [1.165, 1.54) is 6.20 Å². The van der Waals surface area contributed by atoms with Gasteiger partial charge in [-0.3, -0.25) is 0 Å². The molecule has 0 radical (unpaired) electrons. The fraction of sp³-hybridized carbons (Fsp3) is 0.111. The summed E-state index contributed by atoms with van der Waals surface area (Å²) in [5, 5.41) is 14.6. The minimum absolute atomic E-state index is 0.320. The Morgan fingerprint density at radius 1 is 1.12 bits per heavy atom. The van der Waals surface area contributed by atoms with Crippen LogP contribution in [0, 0.1) is 0 Å². The fourth-order valence-corrected chi connectivity index (χ4v) is 2.35. The summed E-state index contributed by atoms with van der Waals surface area (Å²) in [6.07, 6.45) is 1.51. The van der Waals surface area contributed by atoms with Gasteiger partial charge in [0.05, 0.1) is 18.4 Å². The third-order valence-corrected chi connectivity index (χ3v) is 3.54. The molecule has 0 aliphatic rings. The lowest BCUT2D eigenvalue weighted by Gasteiger charge is -2.08. The first-order valence-electron chi connectivity index (χ1n) is 7.90. The van der Waals surface area contributed by atoms with Crippen molar-refractivity contribution in [3.63, 3.8) is 0 Å². The number of carbonyl (C=O) groups excluding carboxylic acids is 1. The predicted octanol–water partition coefficient (Wildman–Crippen LogP) is 4.19. The first-order valence-corrected chi connectivity index (χ1v) is 8.28. The molecule has 0 saturated carbocycles. The number of halogens is 1. The van der Waals surface area contributed by atoms with Crippen LogP contribution in [0.15, 0.2) is 54.7 Å². The van der Waals surface area contributed by atoms with Gasteiger partial charge < -0.3 is 15.4 Å². The van der Waals surface area contributed by atoms with Crippen molar-refractivity contribution in [2.24, 2.45) is 0 Å². The van der Waals surface area contributed by atoms with Crippen molar-refractivity contribution in [2.45, 2.75) is 6.92 Å². The smallest absolute Gasteiger partial charge is 0.338 e. The van der Waals surface area contributed by atoms with E-state index in [4.69, 9.17) is 16.3 Å². The zero-order valence-electron chi connectivity index (χ0n) is 13.9. The summed E-state index contributed by atoms with van der Waals surface area (Å²) in [5.74, 6) is 0.485. The van der Waals surface area contributed by atoms with Crippen LogP contribution in [0.4, 0.5) is 23.1 Å². The minimum atomic E-state index is -0.357. The lowest BCUT2D eigenvalue weighted by Crippen LogP contribution is -2.05. The summed E-state index contributed by atoms with van der Waals surface area (Å²) < 4.78 is 4.96. The number of benzene rings is 2. The highest BCUT2D eigenvalue weighted by Gasteiger charge is 2.07. The molecule has 0 fully saturated rings. The number of hydrogen-bond acceptors (Lipinski definition) is 7. The second kappa shape index (κ2) is 8.26. The molecule has 0 aliphatic carbocycles. The van der Waals surface area contributed by atoms with Crippen molar-refractivity contribution in [3.8, 4) is 0 Å². The van der Waals surface area contributed by atoms with Crippen LogP contribution >= 0.6 is 11.6 Å². The number of ether oxygens (including phenoxy) is 1. The van der Waals surface area contributed by atoms with Gasteiger partial charge in [0.25, 0.3) is 0 Å². The molecule has 2 aromatic carbocycles. The van der Waals surface area contributed by atoms with Crippen molar-refractivity contribution < 1.29 is 9.53 Å². The number of nitrogens with zero attached hydrogens (tertiary/aromatic N) is 3. The average molecular weight is 370 g/mol. The Labute approximate surface area is 155 Å². The van der Waals surface area contributed by atoms with Crippen molar-refractivity contribution in [1.82, 2.24) is 15.2 Å². The van der Waals surface area contributed by atoms with E-state index in [0.29, 0.717) is 29.0 Å². The standard InChI is InChI=1S/C18H16ClN5O2/c1-2-26-17(25)12-6-8-14(9-7-12)22-18-23-16(11-20-24-18)21-15-5-3-4-13(19)10-15/h3-11H,2H2,1H3,(H2,21,22,23,24). The Morgan fingerprint density at radius 3 is 2.65 bits per heavy atom. The molecule has 1 aromatic heterocycles. The second-order valence-electron chi connectivity index (χ2n) is 5.22. The zero-order chi connectivity index (χ0) is 18.4. The average Bonchev–Trinajstić information content (AvgIpc) is 2.63. The molecule has 0 spiro atoms. The summed E-state index contributed by atoms with van der Waals surface area (Å²) in [6.45, 7) is 2.10. The highest BCUT2D eigenvalue weighted by Crippen LogP contribution is 2.20. The van der Waals surface area contributed by atoms with Crippen LogP contribution in [0.25, 0.3) is 0 Å². The Balaban J connectivity index is 1.69. The number of anilines is 4. The number of hydrogen-bond donors (Lipinski definition) is 2. The molecule has 0 aliphatic heterocycles. The lowest BCUT2D eigenvalue weighted by atomic mass is 10.2. The second-order valence-corrected chi connectivity index (χ2v) is 5.66. The van der Waals surface area contributed by atoms with Crippen molar-refractivity contribution in [3.05, 3.63) is 65.3 Å². The predicted molar refractivity (Wildman–Crippen MR) is 100 cm³/mol. The molecule has 3 rings (SSSR count). The number of rotatable bonds is 6. The molecule has 3 aromatic rings. The van der Waals surface area contributed by atoms with E-state index >= 15 is 0 Å². The van der Waals surface area contributed by atoms with Crippen LogP contribution in [0.1, 0.15) is 17.3 Å². The first-order chi connectivity index (χ1) is 12.6. The molecular formula is C18H16ClN5O2. The first kappa shape index (κ1) is 17.6. The molecule has 26 heavy (non-hydrogen) atoms. The summed E-state index contributed by atoms with van der Waals surface area (Å²) >= 11 is 5.97. The van der Waals surface area contributed by atoms with Crippen molar-refractivity contribution in [1.29, 1.82) is 0 Å². The SMILES string of the molecule is CCOC(=O)c1ccc(Nc2nncc(Nc3cccc(Cl)c3)n2)cc1. The zero-order valence-corrected chi connectivity index (χ0v) is 14.7. The third kappa shape index (κ3) is 4.67. The topological polar surface area (TPSA) is 89.0 Å². The number of esters is 1. The molecule has 8 heteroatoms. The summed E-state index contributed by atoms with van der Waals surface area (Å²) in [5.41, 5.74) is 2.00. The molecule has 7 nitrogen and oxygen atoms in total. The van der Waals surface area contributed by atoms with E-state index in [0.717, 1.165) is 11.4 Å². The van der Waals surface area contributed by atoms with Crippen LogP contribution in [0.5, 0.6) is 0 Å². The van der Waals surface area contributed by atoms with Gasteiger partial charge in [0.15, 0.2) is 5.82 Å². The van der Waals surface area contributed by atoms with E-state index in [9.17, 15) is 4.79 Å². The quantitative estimate of drug-likeness (QED) is 0.629. The number of carbonyl (C=O) groups is 1. The van der Waals surface area contributed by atoms with Crippen LogP contribution < -0.4 is 10.6 Å². The van der Waals surface area contributed by atoms with E-state index < -0.39 is 0 Å². The molecular weight excluding hydrogens is 354 g/mol. The Hall–Kier alpha value is -3.19. The van der Waals surface area contributed by atoms with Crippen LogP contribution in [0.3, 0.4) is 0 Å². The molecule has 0 amide bonds. The summed E-state index contributed by atoms with van der Waals surface area (Å²) in [6, 6.07) is 14.1. The van der Waals surface area contributed by atoms with Gasteiger partial charge in [0.1, 0.15) is 0 Å². The van der Waals surface area contributed by atoms with E-state index in [1.807, 2.05) is 12.1 Å². The van der Waals surface area contributed by atoms with Gasteiger partial charge in [-0.15, -0.1) is 5.10 Å². The molecule has 0 bridgehead atoms. The minimum Gasteiger partial charge on any atom is -0.462 e. The number of nitrogens with one attached hydrogen (secondary N) is 2. The lowest BCUT2D eigenvalue weighted by molar-refractivity contribution is 0.0526. The highest BCUT2D eigenvalue weighted by atomic mass is 35.5. The van der Waals surface area contributed by atoms with Gasteiger partial charge in [0.2, 0.25) is 5.95 Å². The third-order valence-electron chi connectivity index (χ3n) is 3.31. The summed E-state index contributed by atoms with van der Waals surface area (Å²) in [7, 11) is 0. The Morgan fingerprint density at radius 2 is 1.92 bits per heavy atom. The fourth-order valence-electron chi connectivity index (χ4n) is 2.16. The summed E-state index contributed by atoms with van der Waals surface area (Å²) in [4.78, 5) is 16.0. The molecule has 0 unspecified atom stereocenters. The number of aromatic nitrogens is 3. The molecule has 0 saturated heterocycles. The monoisotopic (exact) mass is 369 g/mol. The van der Waals surface area contributed by atoms with E-state index in [-0.39, 0.29) is 5.97 Å². The van der Waals surface area contributed by atoms with Crippen molar-refractivity contribution >= 4 is 40.7 Å². The van der Waals surface area contributed by atoms with Gasteiger partial charge >= 0.3 is 5.97 Å². The molecule has 0 atom stereocenters. The van der Waals surface area contributed by atoms with Gasteiger partial charge in [-0.25, -0.2) is 4.79 Å². The van der Waals surface area contributed by atoms with Gasteiger partial charge in [-0.2, -0.15) is 10.1 Å². The van der Waals surface area contributed by atoms with Gasteiger partial charge in [-0.05, 0) is 49.4 Å². The Kier molecular flexibility index (Phi) is 5.60. The molecule has 132 valence electrons. The largest absolute Gasteiger partial charge is 0.462 e. The Bertz CT molecular complexity index is 902. The van der Waals surface area contributed by atoms with Gasteiger partial charge in [-0.1, -0.05) is 17.7 Å². The van der Waals surface area contributed by atoms with Crippen molar-refractivity contribution in [2.75, 3.05) is 17.2 Å². The highest BCUT2D eigenvalue weighted by molar-refractivity contribution is 6.30. The maximum atomic E-state index is 11.7. The van der Waals surface area contributed by atoms with Crippen LogP contribution in [-0.4, -0.2) is 27.8 Å². The normalized spacial score (nSPS) is 10.2. The van der Waals surface area contributed by atoms with Crippen LogP contribution in [-0.2, 0) is 4.74 Å². The van der Waals surface area contributed by atoms with E-state index in [1.54, 1.807) is 43.3 Å².